The van der Waals surface area contributed by atoms with Crippen LogP contribution < -0.4 is 0 Å². The summed E-state index contributed by atoms with van der Waals surface area (Å²) in [5.74, 6) is 0. The van der Waals surface area contributed by atoms with E-state index >= 15 is 0 Å². The van der Waals surface area contributed by atoms with E-state index in [9.17, 15) is 0 Å². The monoisotopic (exact) mass is 314 g/mol. The summed E-state index contributed by atoms with van der Waals surface area (Å²) in [6.07, 6.45) is 3.90. The van der Waals surface area contributed by atoms with Crippen LogP contribution in [0.4, 0.5) is 0 Å². The Morgan fingerprint density at radius 2 is 1.60 bits per heavy atom. The van der Waals surface area contributed by atoms with Crippen molar-refractivity contribution in [2.24, 2.45) is 0 Å². The average molecular weight is 315 g/mol. The van der Waals surface area contributed by atoms with Gasteiger partial charge in [0.15, 0.2) is 0 Å². The fourth-order valence-electron chi connectivity index (χ4n) is 2.19. The Hall–Kier alpha value is -1.42. The molecule has 3 aromatic rings. The van der Waals surface area contributed by atoms with Crippen LogP contribution in [0, 0.1) is 6.92 Å². The SMILES string of the molecule is C=Cc1c(-c2cccs2)sc(-c2ccc(C)s2)c1C=C. The lowest BCUT2D eigenvalue weighted by atomic mass is 10.1. The van der Waals surface area contributed by atoms with Crippen molar-refractivity contribution >= 4 is 46.2 Å². The number of hydrogen-bond donors (Lipinski definition) is 0. The van der Waals surface area contributed by atoms with Gasteiger partial charge < -0.3 is 0 Å². The van der Waals surface area contributed by atoms with Crippen molar-refractivity contribution in [3.8, 4) is 19.5 Å². The van der Waals surface area contributed by atoms with Crippen LogP contribution in [0.3, 0.4) is 0 Å². The fraction of sp³-hybridized carbons (Fsp3) is 0.0588. The predicted molar refractivity (Wildman–Crippen MR) is 95.9 cm³/mol. The summed E-state index contributed by atoms with van der Waals surface area (Å²) >= 11 is 5.44. The van der Waals surface area contributed by atoms with Crippen LogP contribution in [0.15, 0.2) is 42.8 Å². The van der Waals surface area contributed by atoms with Gasteiger partial charge in [0.05, 0.1) is 9.75 Å². The number of hydrogen-bond acceptors (Lipinski definition) is 3. The first-order valence-corrected chi connectivity index (χ1v) is 8.78. The summed E-state index contributed by atoms with van der Waals surface area (Å²) in [6.45, 7) is 10.1. The smallest absolute Gasteiger partial charge is 0.0527 e. The van der Waals surface area contributed by atoms with Gasteiger partial charge in [-0.05, 0) is 30.5 Å². The van der Waals surface area contributed by atoms with Crippen molar-refractivity contribution in [2.45, 2.75) is 6.92 Å². The molecule has 100 valence electrons. The zero-order chi connectivity index (χ0) is 14.1. The van der Waals surface area contributed by atoms with Crippen molar-refractivity contribution in [2.75, 3.05) is 0 Å². The van der Waals surface area contributed by atoms with Gasteiger partial charge in [0.1, 0.15) is 0 Å². The molecule has 3 aromatic heterocycles. The molecule has 0 nitrogen and oxygen atoms in total. The minimum Gasteiger partial charge on any atom is -0.143 e. The number of rotatable bonds is 4. The molecule has 0 radical (unpaired) electrons. The van der Waals surface area contributed by atoms with E-state index < -0.39 is 0 Å². The van der Waals surface area contributed by atoms with Gasteiger partial charge in [-0.3, -0.25) is 0 Å². The first kappa shape index (κ1) is 13.6. The fourth-order valence-corrected chi connectivity index (χ4v) is 5.36. The normalized spacial score (nSPS) is 10.7. The van der Waals surface area contributed by atoms with E-state index in [0.29, 0.717) is 0 Å². The third kappa shape index (κ3) is 2.22. The maximum absolute atomic E-state index is 3.99. The third-order valence-corrected chi connectivity index (χ3v) is 6.55. The topological polar surface area (TPSA) is 0 Å². The molecule has 0 aliphatic rings. The molecule has 0 N–H and O–H groups in total. The first-order valence-electron chi connectivity index (χ1n) is 6.27. The summed E-state index contributed by atoms with van der Waals surface area (Å²) in [4.78, 5) is 6.55. The van der Waals surface area contributed by atoms with E-state index in [1.807, 2.05) is 34.8 Å². The number of thiophene rings is 3. The molecule has 0 unspecified atom stereocenters. The molecule has 0 bridgehead atoms. The molecule has 0 atom stereocenters. The highest BCUT2D eigenvalue weighted by atomic mass is 32.1. The van der Waals surface area contributed by atoms with E-state index in [2.05, 4.69) is 49.7 Å². The second kappa shape index (κ2) is 5.52. The van der Waals surface area contributed by atoms with Gasteiger partial charge in [-0.25, -0.2) is 0 Å². The third-order valence-electron chi connectivity index (χ3n) is 3.10. The lowest BCUT2D eigenvalue weighted by Crippen LogP contribution is -1.76. The minimum atomic E-state index is 1.20. The molecule has 3 rings (SSSR count). The Balaban J connectivity index is 2.26. The predicted octanol–water partition coefficient (Wildman–Crippen LogP) is 6.80. The van der Waals surface area contributed by atoms with Gasteiger partial charge in [-0.1, -0.05) is 31.4 Å². The molecule has 20 heavy (non-hydrogen) atoms. The molecule has 0 aromatic carbocycles. The Kier molecular flexibility index (Phi) is 3.74. The molecular weight excluding hydrogens is 300 g/mol. The van der Waals surface area contributed by atoms with E-state index in [0.717, 1.165) is 0 Å². The van der Waals surface area contributed by atoms with Crippen LogP contribution in [-0.4, -0.2) is 0 Å². The minimum absolute atomic E-state index is 1.20. The summed E-state index contributed by atoms with van der Waals surface area (Å²) in [5.41, 5.74) is 2.41. The second-order valence-electron chi connectivity index (χ2n) is 4.38. The van der Waals surface area contributed by atoms with Gasteiger partial charge in [0.2, 0.25) is 0 Å². The maximum atomic E-state index is 3.99. The summed E-state index contributed by atoms with van der Waals surface area (Å²) in [6, 6.07) is 8.63. The van der Waals surface area contributed by atoms with Crippen LogP contribution >= 0.6 is 34.0 Å². The van der Waals surface area contributed by atoms with Crippen molar-refractivity contribution in [3.05, 3.63) is 58.8 Å². The lowest BCUT2D eigenvalue weighted by molar-refractivity contribution is 1.64. The lowest BCUT2D eigenvalue weighted by Gasteiger charge is -1.98. The molecule has 0 aliphatic heterocycles. The molecule has 0 saturated heterocycles. The summed E-state index contributed by atoms with van der Waals surface area (Å²) in [5, 5.41) is 2.12. The van der Waals surface area contributed by atoms with Crippen LogP contribution in [0.5, 0.6) is 0 Å². The summed E-state index contributed by atoms with van der Waals surface area (Å²) in [7, 11) is 0. The standard InChI is InChI=1S/C17H14S3/c1-4-12-13(5-2)17(15-9-8-11(3)19-15)20-16(12)14-7-6-10-18-14/h4-10H,1-2H2,3H3. The van der Waals surface area contributed by atoms with Crippen molar-refractivity contribution in [1.82, 2.24) is 0 Å². The quantitative estimate of drug-likeness (QED) is 0.497. The van der Waals surface area contributed by atoms with E-state index in [1.165, 1.54) is 35.5 Å². The van der Waals surface area contributed by atoms with Crippen LogP contribution in [0.2, 0.25) is 0 Å². The zero-order valence-corrected chi connectivity index (χ0v) is 13.6. The molecule has 0 aliphatic carbocycles. The molecule has 3 heteroatoms. The highest BCUT2D eigenvalue weighted by molar-refractivity contribution is 7.26. The molecular formula is C17H14S3. The van der Waals surface area contributed by atoms with Crippen LogP contribution in [-0.2, 0) is 0 Å². The van der Waals surface area contributed by atoms with Crippen molar-refractivity contribution < 1.29 is 0 Å². The van der Waals surface area contributed by atoms with E-state index in [4.69, 9.17) is 0 Å². The van der Waals surface area contributed by atoms with Gasteiger partial charge in [0, 0.05) is 25.8 Å². The Bertz CT molecular complexity index is 754. The Morgan fingerprint density at radius 3 is 2.10 bits per heavy atom. The second-order valence-corrected chi connectivity index (χ2v) is 7.64. The molecule has 0 fully saturated rings. The Labute approximate surface area is 131 Å². The highest BCUT2D eigenvalue weighted by Crippen LogP contribution is 2.46. The Morgan fingerprint density at radius 1 is 0.900 bits per heavy atom. The van der Waals surface area contributed by atoms with Gasteiger partial charge in [0.25, 0.3) is 0 Å². The average Bonchev–Trinajstić information content (AvgIpc) is 3.16. The van der Waals surface area contributed by atoms with Gasteiger partial charge in [-0.15, -0.1) is 34.0 Å². The first-order chi connectivity index (χ1) is 9.74. The van der Waals surface area contributed by atoms with E-state index in [1.54, 1.807) is 11.3 Å². The molecule has 0 spiro atoms. The highest BCUT2D eigenvalue weighted by Gasteiger charge is 2.18. The number of aryl methyl sites for hydroxylation is 1. The zero-order valence-electron chi connectivity index (χ0n) is 11.2. The summed E-state index contributed by atoms with van der Waals surface area (Å²) < 4.78 is 0. The van der Waals surface area contributed by atoms with E-state index in [-0.39, 0.29) is 0 Å². The largest absolute Gasteiger partial charge is 0.143 e. The van der Waals surface area contributed by atoms with Crippen LogP contribution in [0.25, 0.3) is 31.7 Å². The van der Waals surface area contributed by atoms with Gasteiger partial charge >= 0.3 is 0 Å². The maximum Gasteiger partial charge on any atom is 0.0527 e. The van der Waals surface area contributed by atoms with Crippen molar-refractivity contribution in [3.63, 3.8) is 0 Å². The molecule has 3 heterocycles. The van der Waals surface area contributed by atoms with Crippen LogP contribution in [0.1, 0.15) is 16.0 Å². The van der Waals surface area contributed by atoms with Crippen molar-refractivity contribution in [1.29, 1.82) is 0 Å². The molecule has 0 amide bonds. The molecule has 0 saturated carbocycles. The van der Waals surface area contributed by atoms with Gasteiger partial charge in [-0.2, -0.15) is 0 Å².